The third-order valence-electron chi connectivity index (χ3n) is 4.49. The molecule has 24 heavy (non-hydrogen) atoms. The van der Waals surface area contributed by atoms with Gasteiger partial charge in [-0.1, -0.05) is 19.1 Å². The second kappa shape index (κ2) is 7.49. The number of nitrogens with zero attached hydrogens (tertiary/aromatic N) is 3. The van der Waals surface area contributed by atoms with Gasteiger partial charge in [-0.05, 0) is 17.7 Å². The number of rotatable bonds is 5. The van der Waals surface area contributed by atoms with Crippen LogP contribution in [0.25, 0.3) is 0 Å². The number of hydrogen-bond acceptors (Lipinski definition) is 4. The molecule has 1 atom stereocenters. The number of piperazine rings is 1. The molecule has 1 saturated heterocycles. The van der Waals surface area contributed by atoms with Crippen molar-refractivity contribution >= 4 is 5.91 Å². The Morgan fingerprint density at radius 3 is 2.88 bits per heavy atom. The molecule has 0 aliphatic carbocycles. The van der Waals surface area contributed by atoms with E-state index in [0.717, 1.165) is 36.6 Å². The lowest BCUT2D eigenvalue weighted by atomic mass is 10.0. The van der Waals surface area contributed by atoms with Crippen LogP contribution in [-0.2, 0) is 17.8 Å². The molecule has 1 aliphatic heterocycles. The number of carbonyl (C=O) groups is 1. The minimum atomic E-state index is 0.0470. The van der Waals surface area contributed by atoms with Crippen molar-refractivity contribution in [3.8, 4) is 5.75 Å². The van der Waals surface area contributed by atoms with Crippen molar-refractivity contribution in [2.24, 2.45) is 0 Å². The highest BCUT2D eigenvalue weighted by Gasteiger charge is 2.28. The van der Waals surface area contributed by atoms with E-state index in [0.29, 0.717) is 13.1 Å². The molecular formula is C18H24N4O2. The van der Waals surface area contributed by atoms with Crippen LogP contribution in [0.1, 0.15) is 24.4 Å². The highest BCUT2D eigenvalue weighted by atomic mass is 16.5. The normalized spacial score (nSPS) is 17.8. The average Bonchev–Trinajstić information content (AvgIpc) is 3.09. The maximum Gasteiger partial charge on any atom is 0.243 e. The fourth-order valence-corrected chi connectivity index (χ4v) is 3.16. The van der Waals surface area contributed by atoms with E-state index in [9.17, 15) is 4.79 Å². The maximum absolute atomic E-state index is 12.9. The second-order valence-corrected chi connectivity index (χ2v) is 5.91. The van der Waals surface area contributed by atoms with Crippen LogP contribution >= 0.6 is 0 Å². The van der Waals surface area contributed by atoms with Gasteiger partial charge in [0, 0.05) is 38.4 Å². The predicted molar refractivity (Wildman–Crippen MR) is 91.9 cm³/mol. The van der Waals surface area contributed by atoms with Crippen molar-refractivity contribution in [3.63, 3.8) is 0 Å². The summed E-state index contributed by atoms with van der Waals surface area (Å²) < 4.78 is 7.16. The second-order valence-electron chi connectivity index (χ2n) is 5.91. The summed E-state index contributed by atoms with van der Waals surface area (Å²) >= 11 is 0. The van der Waals surface area contributed by atoms with Crippen LogP contribution in [0.4, 0.5) is 0 Å². The number of amides is 1. The fourth-order valence-electron chi connectivity index (χ4n) is 3.16. The lowest BCUT2D eigenvalue weighted by Gasteiger charge is -2.36. The Hall–Kier alpha value is -2.34. The Labute approximate surface area is 142 Å². The molecule has 0 saturated carbocycles. The first-order chi connectivity index (χ1) is 11.7. The molecule has 1 aliphatic rings. The van der Waals surface area contributed by atoms with E-state index in [1.807, 2.05) is 46.9 Å². The van der Waals surface area contributed by atoms with E-state index >= 15 is 0 Å². The smallest absolute Gasteiger partial charge is 0.243 e. The van der Waals surface area contributed by atoms with Crippen LogP contribution in [0.2, 0.25) is 0 Å². The third-order valence-corrected chi connectivity index (χ3v) is 4.49. The van der Waals surface area contributed by atoms with Gasteiger partial charge in [0.05, 0.1) is 13.2 Å². The highest BCUT2D eigenvalue weighted by Crippen LogP contribution is 2.24. The molecule has 1 amide bonds. The van der Waals surface area contributed by atoms with Gasteiger partial charge < -0.3 is 19.5 Å². The fraction of sp³-hybridized carbons (Fsp3) is 0.444. The van der Waals surface area contributed by atoms with E-state index in [2.05, 4.69) is 10.3 Å². The van der Waals surface area contributed by atoms with Gasteiger partial charge in [-0.25, -0.2) is 4.98 Å². The summed E-state index contributed by atoms with van der Waals surface area (Å²) in [5.41, 5.74) is 1.12. The Bertz CT molecular complexity index is 681. The summed E-state index contributed by atoms with van der Waals surface area (Å²) in [5, 5.41) is 3.38. The van der Waals surface area contributed by atoms with E-state index < -0.39 is 0 Å². The Kier molecular flexibility index (Phi) is 5.15. The monoisotopic (exact) mass is 328 g/mol. The van der Waals surface area contributed by atoms with Crippen molar-refractivity contribution < 1.29 is 9.53 Å². The molecule has 6 nitrogen and oxygen atoms in total. The number of imidazole rings is 1. The van der Waals surface area contributed by atoms with Crippen LogP contribution in [0.15, 0.2) is 36.7 Å². The number of benzene rings is 1. The quantitative estimate of drug-likeness (QED) is 0.906. The highest BCUT2D eigenvalue weighted by molar-refractivity contribution is 5.77. The van der Waals surface area contributed by atoms with Crippen molar-refractivity contribution in [1.29, 1.82) is 0 Å². The molecular weight excluding hydrogens is 304 g/mol. The average molecular weight is 328 g/mol. The van der Waals surface area contributed by atoms with Gasteiger partial charge >= 0.3 is 0 Å². The number of ether oxygens (including phenoxy) is 1. The summed E-state index contributed by atoms with van der Waals surface area (Å²) in [5.74, 6) is 1.90. The van der Waals surface area contributed by atoms with E-state index in [4.69, 9.17) is 4.74 Å². The van der Waals surface area contributed by atoms with Gasteiger partial charge in [-0.2, -0.15) is 0 Å². The molecule has 1 aromatic carbocycles. The summed E-state index contributed by atoms with van der Waals surface area (Å²) in [6.07, 6.45) is 4.45. The van der Waals surface area contributed by atoms with Crippen molar-refractivity contribution in [1.82, 2.24) is 19.8 Å². The Balaban J connectivity index is 1.77. The van der Waals surface area contributed by atoms with Gasteiger partial charge in [0.15, 0.2) is 0 Å². The van der Waals surface area contributed by atoms with E-state index in [1.165, 1.54) is 0 Å². The molecule has 0 radical (unpaired) electrons. The first-order valence-corrected chi connectivity index (χ1v) is 8.37. The van der Waals surface area contributed by atoms with Crippen LogP contribution in [0.3, 0.4) is 0 Å². The molecule has 0 bridgehead atoms. The minimum Gasteiger partial charge on any atom is -0.497 e. The standard InChI is InChI=1S/C18H24N4O2/c1-3-17-20-9-10-21(17)13-18(23)22-11-8-19-12-16(22)14-4-6-15(24-2)7-5-14/h4-7,9-10,16,19H,3,8,11-13H2,1-2H3. The lowest BCUT2D eigenvalue weighted by Crippen LogP contribution is -2.49. The molecule has 1 N–H and O–H groups in total. The third kappa shape index (κ3) is 3.43. The minimum absolute atomic E-state index is 0.0470. The van der Waals surface area contributed by atoms with Crippen LogP contribution in [0, 0.1) is 0 Å². The first-order valence-electron chi connectivity index (χ1n) is 8.37. The summed E-state index contributed by atoms with van der Waals surface area (Å²) in [6, 6.07) is 8.00. The van der Waals surface area contributed by atoms with Crippen molar-refractivity contribution in [2.45, 2.75) is 25.9 Å². The summed E-state index contributed by atoms with van der Waals surface area (Å²) in [6.45, 7) is 4.70. The zero-order valence-electron chi connectivity index (χ0n) is 14.2. The largest absolute Gasteiger partial charge is 0.497 e. The van der Waals surface area contributed by atoms with Gasteiger partial charge in [0.25, 0.3) is 0 Å². The maximum atomic E-state index is 12.9. The zero-order valence-corrected chi connectivity index (χ0v) is 14.2. The molecule has 2 heterocycles. The van der Waals surface area contributed by atoms with Crippen molar-refractivity contribution in [2.75, 3.05) is 26.7 Å². The predicted octanol–water partition coefficient (Wildman–Crippen LogP) is 1.63. The first kappa shape index (κ1) is 16.5. The number of aryl methyl sites for hydroxylation is 1. The number of hydrogen-bond donors (Lipinski definition) is 1. The number of aromatic nitrogens is 2. The molecule has 2 aromatic rings. The van der Waals surface area contributed by atoms with Gasteiger partial charge in [-0.3, -0.25) is 4.79 Å². The summed E-state index contributed by atoms with van der Waals surface area (Å²) in [4.78, 5) is 19.1. The number of methoxy groups -OCH3 is 1. The molecule has 128 valence electrons. The van der Waals surface area contributed by atoms with E-state index in [1.54, 1.807) is 13.3 Å². The molecule has 1 aromatic heterocycles. The SMILES string of the molecule is CCc1nccn1CC(=O)N1CCNCC1c1ccc(OC)cc1. The molecule has 3 rings (SSSR count). The van der Waals surface area contributed by atoms with E-state index in [-0.39, 0.29) is 11.9 Å². The van der Waals surface area contributed by atoms with Crippen LogP contribution < -0.4 is 10.1 Å². The van der Waals surface area contributed by atoms with Gasteiger partial charge in [0.2, 0.25) is 5.91 Å². The number of carbonyl (C=O) groups excluding carboxylic acids is 1. The van der Waals surface area contributed by atoms with Gasteiger partial charge in [0.1, 0.15) is 18.1 Å². The molecule has 6 heteroatoms. The Morgan fingerprint density at radius 2 is 2.17 bits per heavy atom. The molecule has 1 fully saturated rings. The molecule has 1 unspecified atom stereocenters. The topological polar surface area (TPSA) is 59.4 Å². The lowest BCUT2D eigenvalue weighted by molar-refractivity contribution is -0.135. The number of nitrogens with one attached hydrogen (secondary N) is 1. The molecule has 0 spiro atoms. The summed E-state index contributed by atoms with van der Waals surface area (Å²) in [7, 11) is 1.66. The zero-order chi connectivity index (χ0) is 16.9. The van der Waals surface area contributed by atoms with Crippen LogP contribution in [-0.4, -0.2) is 47.1 Å². The Morgan fingerprint density at radius 1 is 1.38 bits per heavy atom. The van der Waals surface area contributed by atoms with Crippen molar-refractivity contribution in [3.05, 3.63) is 48.0 Å². The van der Waals surface area contributed by atoms with Crippen LogP contribution in [0.5, 0.6) is 5.75 Å². The van der Waals surface area contributed by atoms with Gasteiger partial charge in [-0.15, -0.1) is 0 Å².